The molecule has 1 aliphatic heterocycles. The smallest absolute Gasteiger partial charge is 0.238 e. The molecule has 0 amide bonds. The van der Waals surface area contributed by atoms with Crippen LogP contribution in [0.1, 0.15) is 19.4 Å². The summed E-state index contributed by atoms with van der Waals surface area (Å²) in [6.07, 6.45) is 3.65. The van der Waals surface area contributed by atoms with E-state index in [-0.39, 0.29) is 22.5 Å². The molecule has 2 aromatic carbocycles. The van der Waals surface area contributed by atoms with Crippen LogP contribution in [0, 0.1) is 0 Å². The molecule has 0 saturated carbocycles. The predicted molar refractivity (Wildman–Crippen MR) is 95.0 cm³/mol. The van der Waals surface area contributed by atoms with Gasteiger partial charge in [-0.2, -0.15) is 0 Å². The first-order chi connectivity index (χ1) is 11.9. The Kier molecular flexibility index (Phi) is 3.15. The Balaban J connectivity index is 2.10. The average Bonchev–Trinajstić information content (AvgIpc) is 2.57. The van der Waals surface area contributed by atoms with Crippen molar-refractivity contribution in [2.75, 3.05) is 0 Å². The molecule has 0 fully saturated rings. The average molecular weight is 336 g/mol. The summed E-state index contributed by atoms with van der Waals surface area (Å²) < 4.78 is 11.7. The highest BCUT2D eigenvalue weighted by atomic mass is 16.5. The standard InChI is InChI=1S/C20H16O5/c1-20(2)9-8-12-14(25-20)10-13(21)15-16(22)17(23)18(24-19(12)15)11-6-4-3-5-7-11/h3-10,21,23H,1-2H3. The molecule has 1 aliphatic rings. The first-order valence-electron chi connectivity index (χ1n) is 7.87. The van der Waals surface area contributed by atoms with Crippen LogP contribution in [-0.4, -0.2) is 15.8 Å². The van der Waals surface area contributed by atoms with Crippen LogP contribution in [0.25, 0.3) is 28.4 Å². The lowest BCUT2D eigenvalue weighted by Gasteiger charge is -2.28. The number of fused-ring (bicyclic) bond motifs is 3. The maximum Gasteiger partial charge on any atom is 0.238 e. The van der Waals surface area contributed by atoms with Crippen LogP contribution in [-0.2, 0) is 0 Å². The van der Waals surface area contributed by atoms with E-state index in [2.05, 4.69) is 0 Å². The van der Waals surface area contributed by atoms with E-state index in [4.69, 9.17) is 9.15 Å². The van der Waals surface area contributed by atoms with Crippen LogP contribution in [0.5, 0.6) is 17.2 Å². The Hall–Kier alpha value is -3.21. The number of phenolic OH excluding ortho intramolecular Hbond substituents is 1. The summed E-state index contributed by atoms with van der Waals surface area (Å²) in [7, 11) is 0. The second-order valence-electron chi connectivity index (χ2n) is 6.53. The highest BCUT2D eigenvalue weighted by Gasteiger charge is 2.27. The Morgan fingerprint density at radius 3 is 2.52 bits per heavy atom. The van der Waals surface area contributed by atoms with Gasteiger partial charge in [0.15, 0.2) is 11.3 Å². The molecular weight excluding hydrogens is 320 g/mol. The van der Waals surface area contributed by atoms with Gasteiger partial charge in [0.25, 0.3) is 0 Å². The molecule has 5 nitrogen and oxygen atoms in total. The summed E-state index contributed by atoms with van der Waals surface area (Å²) >= 11 is 0. The SMILES string of the molecule is CC1(C)C=Cc2c(cc(O)c3c(=O)c(O)c(-c4ccccc4)oc23)O1. The highest BCUT2D eigenvalue weighted by Crippen LogP contribution is 2.42. The summed E-state index contributed by atoms with van der Waals surface area (Å²) in [5.41, 5.74) is 0.0904. The summed E-state index contributed by atoms with van der Waals surface area (Å²) in [6, 6.07) is 10.2. The second kappa shape index (κ2) is 5.14. The van der Waals surface area contributed by atoms with Gasteiger partial charge in [0, 0.05) is 11.6 Å². The molecule has 0 spiro atoms. The lowest BCUT2D eigenvalue weighted by molar-refractivity contribution is 0.158. The molecular formula is C20H16O5. The van der Waals surface area contributed by atoms with Gasteiger partial charge in [0.2, 0.25) is 11.2 Å². The van der Waals surface area contributed by atoms with Crippen molar-refractivity contribution in [2.24, 2.45) is 0 Å². The van der Waals surface area contributed by atoms with E-state index in [9.17, 15) is 15.0 Å². The van der Waals surface area contributed by atoms with Gasteiger partial charge in [-0.15, -0.1) is 0 Å². The fourth-order valence-electron chi connectivity index (χ4n) is 2.96. The van der Waals surface area contributed by atoms with E-state index in [1.807, 2.05) is 26.0 Å². The Labute approximate surface area is 143 Å². The van der Waals surface area contributed by atoms with Gasteiger partial charge in [-0.3, -0.25) is 4.79 Å². The van der Waals surface area contributed by atoms with E-state index in [1.54, 1.807) is 30.3 Å². The maximum atomic E-state index is 12.6. The van der Waals surface area contributed by atoms with Crippen molar-refractivity contribution in [3.63, 3.8) is 0 Å². The van der Waals surface area contributed by atoms with Crippen molar-refractivity contribution in [2.45, 2.75) is 19.4 Å². The Morgan fingerprint density at radius 1 is 1.08 bits per heavy atom. The predicted octanol–water partition coefficient (Wildman–Crippen LogP) is 4.06. The third-order valence-electron chi connectivity index (χ3n) is 4.18. The number of hydrogen-bond acceptors (Lipinski definition) is 5. The maximum absolute atomic E-state index is 12.6. The van der Waals surface area contributed by atoms with Crippen LogP contribution in [0.2, 0.25) is 0 Å². The fourth-order valence-corrected chi connectivity index (χ4v) is 2.96. The molecule has 3 aromatic rings. The first-order valence-corrected chi connectivity index (χ1v) is 7.87. The van der Waals surface area contributed by atoms with Crippen LogP contribution in [0.15, 0.2) is 51.7 Å². The van der Waals surface area contributed by atoms with Crippen molar-refractivity contribution in [3.8, 4) is 28.6 Å². The molecule has 0 radical (unpaired) electrons. The summed E-state index contributed by atoms with van der Waals surface area (Å²) in [4.78, 5) is 12.6. The van der Waals surface area contributed by atoms with Crippen LogP contribution in [0.4, 0.5) is 0 Å². The number of hydrogen-bond donors (Lipinski definition) is 2. The monoisotopic (exact) mass is 336 g/mol. The van der Waals surface area contributed by atoms with Crippen LogP contribution in [0.3, 0.4) is 0 Å². The summed E-state index contributed by atoms with van der Waals surface area (Å²) in [5.74, 6) is -0.340. The van der Waals surface area contributed by atoms with Crippen molar-refractivity contribution in [1.29, 1.82) is 0 Å². The zero-order valence-electron chi connectivity index (χ0n) is 13.7. The molecule has 25 heavy (non-hydrogen) atoms. The van der Waals surface area contributed by atoms with Gasteiger partial charge < -0.3 is 19.4 Å². The molecule has 4 rings (SSSR count). The van der Waals surface area contributed by atoms with E-state index in [0.717, 1.165) is 0 Å². The summed E-state index contributed by atoms with van der Waals surface area (Å²) in [6.45, 7) is 3.77. The van der Waals surface area contributed by atoms with E-state index in [0.29, 0.717) is 16.9 Å². The number of benzene rings is 2. The molecule has 0 unspecified atom stereocenters. The normalized spacial score (nSPS) is 15.0. The lowest BCUT2D eigenvalue weighted by Crippen LogP contribution is -2.27. The van der Waals surface area contributed by atoms with Crippen molar-refractivity contribution < 1.29 is 19.4 Å². The Bertz CT molecular complexity index is 1070. The largest absolute Gasteiger partial charge is 0.507 e. The Morgan fingerprint density at radius 2 is 1.80 bits per heavy atom. The zero-order valence-corrected chi connectivity index (χ0v) is 13.7. The molecule has 0 saturated heterocycles. The van der Waals surface area contributed by atoms with Gasteiger partial charge in [-0.05, 0) is 26.0 Å². The van der Waals surface area contributed by atoms with Crippen LogP contribution >= 0.6 is 0 Å². The third kappa shape index (κ3) is 2.36. The fraction of sp³-hybridized carbons (Fsp3) is 0.150. The third-order valence-corrected chi connectivity index (χ3v) is 4.18. The van der Waals surface area contributed by atoms with Gasteiger partial charge in [-0.25, -0.2) is 0 Å². The minimum atomic E-state index is -0.682. The van der Waals surface area contributed by atoms with Crippen molar-refractivity contribution in [1.82, 2.24) is 0 Å². The molecule has 0 atom stereocenters. The quantitative estimate of drug-likeness (QED) is 0.700. The minimum Gasteiger partial charge on any atom is -0.507 e. The molecule has 2 heterocycles. The van der Waals surface area contributed by atoms with E-state index in [1.165, 1.54) is 6.07 Å². The van der Waals surface area contributed by atoms with Crippen molar-refractivity contribution >= 4 is 17.0 Å². The van der Waals surface area contributed by atoms with E-state index >= 15 is 0 Å². The van der Waals surface area contributed by atoms with Crippen LogP contribution < -0.4 is 10.2 Å². The topological polar surface area (TPSA) is 79.9 Å². The van der Waals surface area contributed by atoms with Gasteiger partial charge in [0.05, 0.1) is 5.56 Å². The summed E-state index contributed by atoms with van der Waals surface area (Å²) in [5, 5.41) is 20.5. The second-order valence-corrected chi connectivity index (χ2v) is 6.53. The number of aromatic hydroxyl groups is 2. The number of rotatable bonds is 1. The molecule has 0 aliphatic carbocycles. The molecule has 1 aromatic heterocycles. The van der Waals surface area contributed by atoms with Crippen molar-refractivity contribution in [3.05, 3.63) is 58.3 Å². The molecule has 2 N–H and O–H groups in total. The first kappa shape index (κ1) is 15.3. The zero-order chi connectivity index (χ0) is 17.8. The van der Waals surface area contributed by atoms with E-state index < -0.39 is 16.8 Å². The lowest BCUT2D eigenvalue weighted by atomic mass is 9.99. The molecule has 0 bridgehead atoms. The van der Waals surface area contributed by atoms with Gasteiger partial charge >= 0.3 is 0 Å². The molecule has 126 valence electrons. The minimum absolute atomic E-state index is 0.0594. The van der Waals surface area contributed by atoms with Gasteiger partial charge in [-0.1, -0.05) is 30.3 Å². The number of ether oxygens (including phenoxy) is 1. The molecule has 5 heteroatoms. The number of phenols is 1. The van der Waals surface area contributed by atoms with Gasteiger partial charge in [0.1, 0.15) is 22.5 Å². The highest BCUT2D eigenvalue weighted by molar-refractivity contribution is 5.95.